The Kier molecular flexibility index (Phi) is 14.2. The number of epoxide rings is 1. The van der Waals surface area contributed by atoms with Crippen molar-refractivity contribution in [2.45, 2.75) is 128 Å². The van der Waals surface area contributed by atoms with E-state index in [1.165, 1.54) is 13.8 Å². The third-order valence-electron chi connectivity index (χ3n) is 8.59. The van der Waals surface area contributed by atoms with E-state index in [1.807, 2.05) is 13.8 Å². The first kappa shape index (κ1) is 37.6. The lowest BCUT2D eigenvalue weighted by molar-refractivity contribution is -0.157. The van der Waals surface area contributed by atoms with Crippen LogP contribution in [0.4, 0.5) is 0 Å². The van der Waals surface area contributed by atoms with Crippen LogP contribution in [0.2, 0.25) is 0 Å². The van der Waals surface area contributed by atoms with Gasteiger partial charge in [-0.1, -0.05) is 45.1 Å². The monoisotopic (exact) mass is 620 g/mol. The smallest absolute Gasteiger partial charge is 0.309 e. The summed E-state index contributed by atoms with van der Waals surface area (Å²) in [5.41, 5.74) is -2.20. The molecule has 4 N–H and O–H groups in total. The molecule has 0 radical (unpaired) electrons. The minimum atomic E-state index is -1.46. The van der Waals surface area contributed by atoms with Crippen LogP contribution >= 0.6 is 0 Å². The summed E-state index contributed by atoms with van der Waals surface area (Å²) in [7, 11) is 1.67. The fourth-order valence-electron chi connectivity index (χ4n) is 5.83. The number of aliphatic hydroxyl groups is 3. The zero-order chi connectivity index (χ0) is 33.2. The first-order valence-corrected chi connectivity index (χ1v) is 15.4. The molecule has 1 fully saturated rings. The number of esters is 2. The fourth-order valence-corrected chi connectivity index (χ4v) is 5.83. The van der Waals surface area contributed by atoms with Crippen LogP contribution < -0.4 is 5.32 Å². The molecule has 248 valence electrons. The van der Waals surface area contributed by atoms with Gasteiger partial charge in [0.1, 0.15) is 23.9 Å². The van der Waals surface area contributed by atoms with Crippen molar-refractivity contribution in [1.82, 2.24) is 5.32 Å². The quantitative estimate of drug-likeness (QED) is 0.0831. The predicted molar refractivity (Wildman–Crippen MR) is 164 cm³/mol. The van der Waals surface area contributed by atoms with Gasteiger partial charge in [0, 0.05) is 25.9 Å². The molecule has 1 saturated heterocycles. The molecule has 2 aliphatic rings. The Hall–Kier alpha value is -2.59. The summed E-state index contributed by atoms with van der Waals surface area (Å²) in [6.07, 6.45) is 5.90. The van der Waals surface area contributed by atoms with Crippen molar-refractivity contribution in [3.63, 3.8) is 0 Å². The molecule has 0 bridgehead atoms. The van der Waals surface area contributed by atoms with Crippen molar-refractivity contribution < 1.29 is 43.9 Å². The minimum Gasteiger partial charge on any atom is -0.457 e. The lowest BCUT2D eigenvalue weighted by Crippen LogP contribution is -2.52. The second-order valence-electron chi connectivity index (χ2n) is 12.6. The number of ether oxygens (including phenoxy) is 4. The van der Waals surface area contributed by atoms with E-state index in [4.69, 9.17) is 18.9 Å². The van der Waals surface area contributed by atoms with E-state index >= 15 is 0 Å². The number of nitrogens with zero attached hydrogens (tertiary/aromatic N) is 1. The summed E-state index contributed by atoms with van der Waals surface area (Å²) >= 11 is 0. The molecule has 0 aromatic rings. The van der Waals surface area contributed by atoms with Gasteiger partial charge in [0.2, 0.25) is 0 Å². The van der Waals surface area contributed by atoms with Gasteiger partial charge < -0.3 is 34.3 Å². The molecule has 44 heavy (non-hydrogen) atoms. The molecule has 2 aliphatic heterocycles. The highest BCUT2D eigenvalue weighted by molar-refractivity contribution is 5.70. The first-order valence-electron chi connectivity index (χ1n) is 15.4. The lowest BCUT2D eigenvalue weighted by atomic mass is 9.87. The summed E-state index contributed by atoms with van der Waals surface area (Å²) in [5, 5.41) is 45.2. The number of aliphatic hydroxyl groups excluding tert-OH is 1. The third-order valence-corrected chi connectivity index (χ3v) is 8.59. The zero-order valence-corrected chi connectivity index (χ0v) is 27.4. The van der Waals surface area contributed by atoms with Crippen molar-refractivity contribution in [3.05, 3.63) is 36.0 Å². The van der Waals surface area contributed by atoms with Crippen LogP contribution in [0.25, 0.3) is 0 Å². The summed E-state index contributed by atoms with van der Waals surface area (Å²) in [6.45, 7) is 12.2. The van der Waals surface area contributed by atoms with Crippen molar-refractivity contribution in [2.75, 3.05) is 13.7 Å². The summed E-state index contributed by atoms with van der Waals surface area (Å²) in [5.74, 6) is -1.44. The molecule has 2 heterocycles. The Bertz CT molecular complexity index is 1090. The molecule has 0 saturated carbocycles. The molecule has 0 aromatic heterocycles. The van der Waals surface area contributed by atoms with Crippen LogP contribution in [0, 0.1) is 23.2 Å². The highest BCUT2D eigenvalue weighted by Gasteiger charge is 2.54. The van der Waals surface area contributed by atoms with Gasteiger partial charge in [-0.15, -0.1) is 0 Å². The maximum Gasteiger partial charge on any atom is 0.309 e. The van der Waals surface area contributed by atoms with Crippen LogP contribution in [-0.4, -0.2) is 94.8 Å². The molecule has 0 aromatic carbocycles. The summed E-state index contributed by atoms with van der Waals surface area (Å²) in [6, 6.07) is 1.50. The number of rotatable bonds is 12. The number of cyclic esters (lactones) is 1. The Balaban J connectivity index is 2.31. The average Bonchev–Trinajstić information content (AvgIpc) is 3.73. The van der Waals surface area contributed by atoms with Gasteiger partial charge in [-0.05, 0) is 51.7 Å². The van der Waals surface area contributed by atoms with Crippen LogP contribution in [0.5, 0.6) is 0 Å². The van der Waals surface area contributed by atoms with Gasteiger partial charge in [0.15, 0.2) is 0 Å². The SMILES string of the molecule is CC[C@H](OC)[C@@H](C)[C@H]1O[C@@H]1C(NCC#N)C(C)(O)C=CC=C(C)C1OC(=O)C[C@H](O)CC[C@@](C)(O)[C@@H](OC(C)=O)C=C[C@@H]1C. The number of hydrogen-bond donors (Lipinski definition) is 4. The van der Waals surface area contributed by atoms with Crippen molar-refractivity contribution >= 4 is 11.9 Å². The third kappa shape index (κ3) is 10.8. The normalized spacial score (nSPS) is 33.6. The van der Waals surface area contributed by atoms with Gasteiger partial charge in [-0.2, -0.15) is 5.26 Å². The lowest BCUT2D eigenvalue weighted by Gasteiger charge is -2.32. The number of hydrogen-bond acceptors (Lipinski definition) is 11. The molecular weight excluding hydrogens is 568 g/mol. The van der Waals surface area contributed by atoms with E-state index in [9.17, 15) is 30.2 Å². The fraction of sp³-hybridized carbons (Fsp3) is 0.727. The standard InChI is InChI=1S/C33H52N2O9/c1-9-25(41-8)22(4)29-30(44-29)31(35-18-17-34)33(7,40)15-10-11-20(2)28-21(3)12-13-26(42-23(5)36)32(6,39)16-14-24(37)19-27(38)43-28/h10-13,15,21-22,24-26,28-31,35,37,39-40H,9,14,16,18-19H2,1-8H3/t21-,22+,24+,25-,26-,28?,29+,30-,31?,32+,33?/m0/s1. The van der Waals surface area contributed by atoms with Crippen LogP contribution in [0.3, 0.4) is 0 Å². The van der Waals surface area contributed by atoms with E-state index in [0.29, 0.717) is 5.57 Å². The maximum atomic E-state index is 12.7. The first-order chi connectivity index (χ1) is 20.6. The molecule has 0 spiro atoms. The van der Waals surface area contributed by atoms with Gasteiger partial charge in [0.05, 0.1) is 49.0 Å². The second-order valence-corrected chi connectivity index (χ2v) is 12.6. The molecule has 0 aliphatic carbocycles. The Morgan fingerprint density at radius 1 is 1.34 bits per heavy atom. The molecule has 11 atom stereocenters. The van der Waals surface area contributed by atoms with Gasteiger partial charge in [-0.3, -0.25) is 14.9 Å². The highest BCUT2D eigenvalue weighted by atomic mass is 16.6. The van der Waals surface area contributed by atoms with E-state index in [-0.39, 0.29) is 50.0 Å². The van der Waals surface area contributed by atoms with Crippen LogP contribution in [0.15, 0.2) is 36.0 Å². The zero-order valence-electron chi connectivity index (χ0n) is 27.4. The molecule has 0 amide bonds. The number of carbonyl (C=O) groups excluding carboxylic acids is 2. The van der Waals surface area contributed by atoms with Crippen molar-refractivity contribution in [3.8, 4) is 6.07 Å². The minimum absolute atomic E-state index is 0.00826. The van der Waals surface area contributed by atoms with Gasteiger partial charge in [0.25, 0.3) is 0 Å². The van der Waals surface area contributed by atoms with E-state index in [2.05, 4.69) is 18.3 Å². The number of nitriles is 1. The molecule has 11 nitrogen and oxygen atoms in total. The van der Waals surface area contributed by atoms with Crippen molar-refractivity contribution in [2.24, 2.45) is 11.8 Å². The maximum absolute atomic E-state index is 12.7. The Morgan fingerprint density at radius 3 is 2.61 bits per heavy atom. The van der Waals surface area contributed by atoms with Crippen LogP contribution in [0.1, 0.15) is 74.1 Å². The Labute approximate surface area is 261 Å². The van der Waals surface area contributed by atoms with Crippen LogP contribution in [-0.2, 0) is 28.5 Å². The van der Waals surface area contributed by atoms with Crippen molar-refractivity contribution in [1.29, 1.82) is 5.26 Å². The van der Waals surface area contributed by atoms with E-state index < -0.39 is 53.4 Å². The Morgan fingerprint density at radius 2 is 2.02 bits per heavy atom. The van der Waals surface area contributed by atoms with E-state index in [1.54, 1.807) is 51.3 Å². The topological polar surface area (TPSA) is 171 Å². The summed E-state index contributed by atoms with van der Waals surface area (Å²) < 4.78 is 22.7. The number of carbonyl (C=O) groups is 2. The summed E-state index contributed by atoms with van der Waals surface area (Å²) in [4.78, 5) is 24.5. The molecular formula is C33H52N2O9. The van der Waals surface area contributed by atoms with Gasteiger partial charge in [-0.25, -0.2) is 0 Å². The predicted octanol–water partition coefficient (Wildman–Crippen LogP) is 2.88. The number of methoxy groups -OCH3 is 1. The largest absolute Gasteiger partial charge is 0.457 e. The number of allylic oxidation sites excluding steroid dienone is 2. The molecule has 3 unspecified atom stereocenters. The highest BCUT2D eigenvalue weighted by Crippen LogP contribution is 2.38. The van der Waals surface area contributed by atoms with E-state index in [0.717, 1.165) is 6.42 Å². The average molecular weight is 621 g/mol. The van der Waals surface area contributed by atoms with Gasteiger partial charge >= 0.3 is 11.9 Å². The number of nitrogens with one attached hydrogen (secondary N) is 1. The second kappa shape index (κ2) is 16.6. The molecule has 2 rings (SSSR count). The molecule has 11 heteroatoms.